The van der Waals surface area contributed by atoms with E-state index in [4.69, 9.17) is 18.9 Å². The highest BCUT2D eigenvalue weighted by Crippen LogP contribution is 2.30. The first-order valence-corrected chi connectivity index (χ1v) is 11.1. The van der Waals surface area contributed by atoms with Crippen LogP contribution in [0.2, 0.25) is 0 Å². The van der Waals surface area contributed by atoms with E-state index >= 15 is 0 Å². The quantitative estimate of drug-likeness (QED) is 0.236. The third kappa shape index (κ3) is 5.10. The average molecular weight is 495 g/mol. The minimum Gasteiger partial charge on any atom is -0.462 e. The smallest absolute Gasteiger partial charge is 0.247 e. The molecule has 1 amide bonds. The SMILES string of the molecule is CC(=O)C1O[C@@H](Oc2ccc(/C=C(\C)C(=O)NC3[C@@H](O)[C@@H]4OCO[C@@H]4[C@H](O)[C@H]3O)cc2)[C@@H](O)[C@@H]1O. The monoisotopic (exact) mass is 495 g/mol. The molecule has 2 saturated heterocycles. The van der Waals surface area contributed by atoms with Gasteiger partial charge in [0.2, 0.25) is 12.2 Å². The lowest BCUT2D eigenvalue weighted by Crippen LogP contribution is -2.67. The number of ketones is 1. The number of aliphatic hydroxyl groups is 5. The summed E-state index contributed by atoms with van der Waals surface area (Å²) in [6.45, 7) is 2.66. The number of Topliss-reactive ketones (excluding diaryl/α,β-unsaturated/α-hetero) is 1. The topological polar surface area (TPSA) is 184 Å². The lowest BCUT2D eigenvalue weighted by Gasteiger charge is -2.41. The molecule has 35 heavy (non-hydrogen) atoms. The van der Waals surface area contributed by atoms with Gasteiger partial charge in [-0.1, -0.05) is 12.1 Å². The fraction of sp³-hybridized carbons (Fsp3) is 0.565. The Bertz CT molecular complexity index is 967. The van der Waals surface area contributed by atoms with Crippen LogP contribution in [-0.4, -0.2) is 105 Å². The molecular weight excluding hydrogens is 466 g/mol. The normalized spacial score (nSPS) is 39.2. The molecule has 0 aromatic heterocycles. The molecule has 12 heteroatoms. The van der Waals surface area contributed by atoms with Crippen molar-refractivity contribution < 1.29 is 54.1 Å². The van der Waals surface area contributed by atoms with Crippen LogP contribution in [0.5, 0.6) is 5.75 Å². The lowest BCUT2D eigenvalue weighted by molar-refractivity contribution is -0.155. The van der Waals surface area contributed by atoms with Gasteiger partial charge in [0.05, 0.1) is 6.04 Å². The van der Waals surface area contributed by atoms with Crippen LogP contribution < -0.4 is 10.1 Å². The van der Waals surface area contributed by atoms with Crippen LogP contribution in [0, 0.1) is 0 Å². The summed E-state index contributed by atoms with van der Waals surface area (Å²) < 4.78 is 21.3. The summed E-state index contributed by atoms with van der Waals surface area (Å²) in [5.74, 6) is -0.686. The van der Waals surface area contributed by atoms with Crippen molar-refractivity contribution in [2.75, 3.05) is 6.79 Å². The molecule has 1 saturated carbocycles. The third-order valence-electron chi connectivity index (χ3n) is 6.40. The molecule has 0 bridgehead atoms. The van der Waals surface area contributed by atoms with Crippen molar-refractivity contribution in [2.45, 2.75) is 75.0 Å². The Hall–Kier alpha value is -2.42. The molecular formula is C23H29NO11. The average Bonchev–Trinajstić information content (AvgIpc) is 3.43. The van der Waals surface area contributed by atoms with Crippen molar-refractivity contribution in [2.24, 2.45) is 0 Å². The molecule has 6 N–H and O–H groups in total. The molecule has 4 rings (SSSR count). The number of ether oxygens (including phenoxy) is 4. The molecule has 3 aliphatic rings. The zero-order valence-electron chi connectivity index (χ0n) is 19.1. The Kier molecular flexibility index (Phi) is 7.54. The van der Waals surface area contributed by atoms with Gasteiger partial charge in [-0.3, -0.25) is 9.59 Å². The van der Waals surface area contributed by atoms with Crippen molar-refractivity contribution in [1.82, 2.24) is 5.32 Å². The fourth-order valence-corrected chi connectivity index (χ4v) is 4.39. The van der Waals surface area contributed by atoms with E-state index in [1.807, 2.05) is 0 Å². The van der Waals surface area contributed by atoms with Crippen molar-refractivity contribution in [3.63, 3.8) is 0 Å². The first-order valence-electron chi connectivity index (χ1n) is 11.1. The Balaban J connectivity index is 1.37. The molecule has 2 heterocycles. The highest BCUT2D eigenvalue weighted by atomic mass is 16.7. The minimum atomic E-state index is -1.45. The third-order valence-corrected chi connectivity index (χ3v) is 6.40. The first-order chi connectivity index (χ1) is 16.6. The van der Waals surface area contributed by atoms with E-state index in [1.54, 1.807) is 37.3 Å². The molecule has 2 aliphatic heterocycles. The van der Waals surface area contributed by atoms with E-state index < -0.39 is 72.9 Å². The number of fused-ring (bicyclic) bond motifs is 1. The summed E-state index contributed by atoms with van der Waals surface area (Å²) in [5.41, 5.74) is 0.886. The Morgan fingerprint density at radius 3 is 2.14 bits per heavy atom. The second-order valence-corrected chi connectivity index (χ2v) is 8.88. The molecule has 1 aromatic carbocycles. The summed E-state index contributed by atoms with van der Waals surface area (Å²) in [7, 11) is 0. The first kappa shape index (κ1) is 25.7. The predicted molar refractivity (Wildman–Crippen MR) is 117 cm³/mol. The molecule has 1 aliphatic carbocycles. The van der Waals surface area contributed by atoms with Crippen molar-refractivity contribution >= 4 is 17.8 Å². The summed E-state index contributed by atoms with van der Waals surface area (Å²) in [5, 5.41) is 53.5. The van der Waals surface area contributed by atoms with Crippen molar-refractivity contribution in [3.05, 3.63) is 35.4 Å². The zero-order chi connectivity index (χ0) is 25.4. The standard InChI is InChI=1S/C23H29NO11/c1-9(22(31)24-13-14(26)16(28)21-20(15(13)27)32-8-33-21)7-11-3-5-12(6-4-11)34-23-18(30)17(29)19(35-23)10(2)25/h3-7,13-21,23,26-30H,8H2,1-2H3,(H,24,31)/b9-7+/t13?,14-,15+,16+,17-,18-,19?,20-,21+,23+/m0/s1. The molecule has 0 radical (unpaired) electrons. The summed E-state index contributed by atoms with van der Waals surface area (Å²) in [6, 6.07) is 5.22. The number of hydrogen-bond acceptors (Lipinski definition) is 11. The maximum Gasteiger partial charge on any atom is 0.247 e. The van der Waals surface area contributed by atoms with Gasteiger partial charge >= 0.3 is 0 Å². The summed E-state index contributed by atoms with van der Waals surface area (Å²) in [6.07, 6.45) is -9.41. The number of benzene rings is 1. The van der Waals surface area contributed by atoms with Gasteiger partial charge in [0, 0.05) is 5.57 Å². The number of amides is 1. The number of nitrogens with one attached hydrogen (secondary N) is 1. The molecule has 2 unspecified atom stereocenters. The van der Waals surface area contributed by atoms with E-state index in [-0.39, 0.29) is 12.4 Å². The molecule has 12 nitrogen and oxygen atoms in total. The van der Waals surface area contributed by atoms with Crippen LogP contribution >= 0.6 is 0 Å². The van der Waals surface area contributed by atoms with Crippen molar-refractivity contribution in [3.8, 4) is 5.75 Å². The number of hydrogen-bond donors (Lipinski definition) is 6. The maximum absolute atomic E-state index is 12.7. The van der Waals surface area contributed by atoms with E-state index in [9.17, 15) is 35.1 Å². The van der Waals surface area contributed by atoms with Gasteiger partial charge in [0.15, 0.2) is 5.78 Å². The van der Waals surface area contributed by atoms with Crippen LogP contribution in [0.25, 0.3) is 6.08 Å². The molecule has 1 aromatic rings. The second-order valence-electron chi connectivity index (χ2n) is 8.88. The Labute approximate surface area is 200 Å². The number of carbonyl (C=O) groups excluding carboxylic acids is 2. The van der Waals surface area contributed by atoms with Gasteiger partial charge < -0.3 is 49.8 Å². The number of carbonyl (C=O) groups is 2. The Morgan fingerprint density at radius 1 is 0.914 bits per heavy atom. The van der Waals surface area contributed by atoms with Gasteiger partial charge in [-0.25, -0.2) is 0 Å². The molecule has 192 valence electrons. The van der Waals surface area contributed by atoms with Crippen LogP contribution in [-0.2, 0) is 23.8 Å². The van der Waals surface area contributed by atoms with Gasteiger partial charge in [0.1, 0.15) is 61.4 Å². The molecule has 0 spiro atoms. The summed E-state index contributed by atoms with van der Waals surface area (Å²) in [4.78, 5) is 24.2. The minimum absolute atomic E-state index is 0.126. The molecule has 10 atom stereocenters. The van der Waals surface area contributed by atoms with Gasteiger partial charge in [-0.15, -0.1) is 0 Å². The number of aliphatic hydroxyl groups excluding tert-OH is 5. The lowest BCUT2D eigenvalue weighted by atomic mass is 9.83. The highest BCUT2D eigenvalue weighted by molar-refractivity contribution is 5.97. The zero-order valence-corrected chi connectivity index (χ0v) is 19.1. The Morgan fingerprint density at radius 2 is 1.54 bits per heavy atom. The highest BCUT2D eigenvalue weighted by Gasteiger charge is 2.53. The number of rotatable bonds is 6. The van der Waals surface area contributed by atoms with E-state index in [0.29, 0.717) is 11.3 Å². The van der Waals surface area contributed by atoms with Crippen molar-refractivity contribution in [1.29, 1.82) is 0 Å². The van der Waals surface area contributed by atoms with E-state index in [2.05, 4.69) is 5.32 Å². The van der Waals surface area contributed by atoms with Crippen LogP contribution in [0.1, 0.15) is 19.4 Å². The maximum atomic E-state index is 12.7. The summed E-state index contributed by atoms with van der Waals surface area (Å²) >= 11 is 0. The molecule has 3 fully saturated rings. The van der Waals surface area contributed by atoms with E-state index in [1.165, 1.54) is 6.92 Å². The predicted octanol–water partition coefficient (Wildman–Crippen LogP) is -2.17. The van der Waals surface area contributed by atoms with Gasteiger partial charge in [-0.2, -0.15) is 0 Å². The largest absolute Gasteiger partial charge is 0.462 e. The van der Waals surface area contributed by atoms with Crippen LogP contribution in [0.3, 0.4) is 0 Å². The second kappa shape index (κ2) is 10.3. The van der Waals surface area contributed by atoms with Gasteiger partial charge in [0.25, 0.3) is 0 Å². The van der Waals surface area contributed by atoms with E-state index in [0.717, 1.165) is 0 Å². The van der Waals surface area contributed by atoms with Crippen LogP contribution in [0.4, 0.5) is 0 Å². The van der Waals surface area contributed by atoms with Gasteiger partial charge in [-0.05, 0) is 37.6 Å². The van der Waals surface area contributed by atoms with Crippen LogP contribution in [0.15, 0.2) is 29.8 Å². The fourth-order valence-electron chi connectivity index (χ4n) is 4.39.